The molecule has 0 fully saturated rings. The van der Waals surface area contributed by atoms with Crippen LogP contribution in [0.1, 0.15) is 16.7 Å². The number of hydrazone groups is 1. The zero-order valence-electron chi connectivity index (χ0n) is 19.4. The Morgan fingerprint density at radius 3 is 2.19 bits per heavy atom. The fourth-order valence-electron chi connectivity index (χ4n) is 4.57. The molecule has 0 saturated heterocycles. The third kappa shape index (κ3) is 4.12. The van der Waals surface area contributed by atoms with Crippen molar-refractivity contribution in [1.82, 2.24) is 4.57 Å². The largest absolute Gasteiger partial charge is 0.342 e. The minimum absolute atomic E-state index is 0.170. The minimum atomic E-state index is -0.170. The summed E-state index contributed by atoms with van der Waals surface area (Å²) >= 11 is 6.08. The number of hydrogen-bond acceptors (Lipinski definition) is 2. The van der Waals surface area contributed by atoms with Gasteiger partial charge in [0.25, 0.3) is 5.91 Å². The van der Waals surface area contributed by atoms with Crippen LogP contribution in [0.5, 0.6) is 0 Å². The first-order valence-corrected chi connectivity index (χ1v) is 12.1. The quantitative estimate of drug-likeness (QED) is 0.242. The second-order valence-corrected chi connectivity index (χ2v) is 9.12. The molecule has 0 spiro atoms. The first kappa shape index (κ1) is 22.1. The molecule has 36 heavy (non-hydrogen) atoms. The lowest BCUT2D eigenvalue weighted by Crippen LogP contribution is -2.21. The fourth-order valence-corrected chi connectivity index (χ4v) is 4.69. The van der Waals surface area contributed by atoms with Crippen LogP contribution in [0, 0.1) is 0 Å². The van der Waals surface area contributed by atoms with Crippen LogP contribution in [0.2, 0.25) is 5.02 Å². The molecule has 5 heteroatoms. The van der Waals surface area contributed by atoms with Gasteiger partial charge >= 0.3 is 0 Å². The van der Waals surface area contributed by atoms with Crippen molar-refractivity contribution in [3.05, 3.63) is 143 Å². The van der Waals surface area contributed by atoms with Crippen LogP contribution >= 0.6 is 11.6 Å². The maximum atomic E-state index is 13.7. The van der Waals surface area contributed by atoms with Gasteiger partial charge in [0.1, 0.15) is 5.71 Å². The summed E-state index contributed by atoms with van der Waals surface area (Å²) in [6.07, 6.45) is 4.08. The number of aromatic nitrogens is 1. The lowest BCUT2D eigenvalue weighted by Gasteiger charge is -2.11. The van der Waals surface area contributed by atoms with Crippen LogP contribution < -0.4 is 5.01 Å². The molecule has 0 bridgehead atoms. The molecule has 4 aromatic carbocycles. The average Bonchev–Trinajstić information content (AvgIpc) is 3.43. The number of carbonyl (C=O) groups excluding carboxylic acids is 1. The number of para-hydroxylation sites is 1. The highest BCUT2D eigenvalue weighted by molar-refractivity contribution is 6.37. The molecule has 4 nitrogen and oxygen atoms in total. The van der Waals surface area contributed by atoms with Crippen molar-refractivity contribution in [2.24, 2.45) is 5.10 Å². The van der Waals surface area contributed by atoms with Crippen molar-refractivity contribution in [3.8, 4) is 0 Å². The van der Waals surface area contributed by atoms with E-state index < -0.39 is 0 Å². The highest BCUT2D eigenvalue weighted by atomic mass is 35.5. The lowest BCUT2D eigenvalue weighted by molar-refractivity contribution is -0.114. The van der Waals surface area contributed by atoms with Gasteiger partial charge in [-0.1, -0.05) is 90.5 Å². The molecule has 0 unspecified atom stereocenters. The molecule has 0 radical (unpaired) electrons. The molecule has 174 valence electrons. The highest BCUT2D eigenvalue weighted by Gasteiger charge is 2.32. The van der Waals surface area contributed by atoms with E-state index >= 15 is 0 Å². The number of carbonyl (C=O) groups is 1. The van der Waals surface area contributed by atoms with Gasteiger partial charge < -0.3 is 4.57 Å². The summed E-state index contributed by atoms with van der Waals surface area (Å²) in [7, 11) is 0. The van der Waals surface area contributed by atoms with E-state index in [9.17, 15) is 4.79 Å². The summed E-state index contributed by atoms with van der Waals surface area (Å²) in [5.74, 6) is -0.170. The van der Waals surface area contributed by atoms with Gasteiger partial charge in [-0.05, 0) is 42.0 Å². The molecular weight excluding hydrogens is 466 g/mol. The Morgan fingerprint density at radius 1 is 0.778 bits per heavy atom. The summed E-state index contributed by atoms with van der Waals surface area (Å²) in [5.41, 5.74) is 6.08. The van der Waals surface area contributed by atoms with Crippen LogP contribution in [0.25, 0.3) is 17.0 Å². The normalized spacial score (nSPS) is 14.6. The van der Waals surface area contributed by atoms with E-state index in [2.05, 4.69) is 47.2 Å². The summed E-state index contributed by atoms with van der Waals surface area (Å²) in [5, 5.41) is 7.91. The standard InChI is InChI=1S/C31H22ClN3O/c32-25-15-17-26(18-16-25)35-31(36)28(30(33-35)23-11-5-2-6-12-23)19-24-21-34(20-22-9-3-1-4-10-22)29-14-8-7-13-27(24)29/h1-19,21H,20H2/b28-19-. The van der Waals surface area contributed by atoms with Gasteiger partial charge in [0.05, 0.1) is 11.3 Å². The lowest BCUT2D eigenvalue weighted by atomic mass is 10.00. The van der Waals surface area contributed by atoms with Gasteiger partial charge in [-0.3, -0.25) is 4.79 Å². The van der Waals surface area contributed by atoms with Crippen molar-refractivity contribution < 1.29 is 4.79 Å². The van der Waals surface area contributed by atoms with Gasteiger partial charge in [-0.15, -0.1) is 0 Å². The SMILES string of the molecule is O=C1/C(=C\c2cn(Cc3ccccc3)c3ccccc23)C(c2ccccc2)=NN1c1ccc(Cl)cc1. The maximum Gasteiger partial charge on any atom is 0.281 e. The van der Waals surface area contributed by atoms with Crippen LogP contribution in [-0.4, -0.2) is 16.2 Å². The van der Waals surface area contributed by atoms with Crippen LogP contribution in [-0.2, 0) is 11.3 Å². The predicted octanol–water partition coefficient (Wildman–Crippen LogP) is 7.18. The Kier molecular flexibility index (Phi) is 5.72. The topological polar surface area (TPSA) is 37.6 Å². The van der Waals surface area contributed by atoms with Crippen molar-refractivity contribution >= 4 is 45.9 Å². The van der Waals surface area contributed by atoms with Crippen molar-refractivity contribution in [1.29, 1.82) is 0 Å². The number of fused-ring (bicyclic) bond motifs is 1. The Morgan fingerprint density at radius 2 is 1.44 bits per heavy atom. The number of rotatable bonds is 5. The molecule has 0 N–H and O–H groups in total. The Labute approximate surface area is 214 Å². The zero-order chi connectivity index (χ0) is 24.5. The summed E-state index contributed by atoms with van der Waals surface area (Å²) in [4.78, 5) is 13.7. The number of amides is 1. The van der Waals surface area contributed by atoms with E-state index in [1.54, 1.807) is 24.3 Å². The Hall–Kier alpha value is -4.41. The fraction of sp³-hybridized carbons (Fsp3) is 0.0323. The molecule has 0 aliphatic carbocycles. The Bertz CT molecular complexity index is 1620. The van der Waals surface area contributed by atoms with E-state index in [0.29, 0.717) is 22.0 Å². The molecule has 0 saturated carbocycles. The molecular formula is C31H22ClN3O. The van der Waals surface area contributed by atoms with Crippen LogP contribution in [0.15, 0.2) is 126 Å². The van der Waals surface area contributed by atoms with Gasteiger partial charge in [0, 0.05) is 39.8 Å². The van der Waals surface area contributed by atoms with E-state index in [-0.39, 0.29) is 5.91 Å². The number of halogens is 1. The van der Waals surface area contributed by atoms with Gasteiger partial charge in [-0.25, -0.2) is 0 Å². The van der Waals surface area contributed by atoms with E-state index in [0.717, 1.165) is 28.6 Å². The van der Waals surface area contributed by atoms with Crippen molar-refractivity contribution in [2.45, 2.75) is 6.54 Å². The molecule has 1 aromatic heterocycles. The molecule has 1 aliphatic rings. The zero-order valence-corrected chi connectivity index (χ0v) is 20.1. The van der Waals surface area contributed by atoms with Crippen molar-refractivity contribution in [3.63, 3.8) is 0 Å². The number of hydrogen-bond donors (Lipinski definition) is 0. The monoisotopic (exact) mass is 487 g/mol. The number of benzene rings is 4. The number of anilines is 1. The predicted molar refractivity (Wildman–Crippen MR) is 147 cm³/mol. The third-order valence-corrected chi connectivity index (χ3v) is 6.56. The molecule has 1 aliphatic heterocycles. The summed E-state index contributed by atoms with van der Waals surface area (Å²) < 4.78 is 2.23. The average molecular weight is 488 g/mol. The smallest absolute Gasteiger partial charge is 0.281 e. The molecule has 5 aromatic rings. The first-order chi connectivity index (χ1) is 17.7. The van der Waals surface area contributed by atoms with E-state index in [4.69, 9.17) is 16.7 Å². The number of nitrogens with zero attached hydrogens (tertiary/aromatic N) is 3. The highest BCUT2D eigenvalue weighted by Crippen LogP contribution is 2.31. The molecule has 6 rings (SSSR count). The van der Waals surface area contributed by atoms with Crippen LogP contribution in [0.4, 0.5) is 5.69 Å². The second kappa shape index (κ2) is 9.33. The van der Waals surface area contributed by atoms with Gasteiger partial charge in [-0.2, -0.15) is 10.1 Å². The third-order valence-electron chi connectivity index (χ3n) is 6.31. The molecule has 0 atom stereocenters. The summed E-state index contributed by atoms with van der Waals surface area (Å²) in [6.45, 7) is 0.745. The molecule has 1 amide bonds. The van der Waals surface area contributed by atoms with Gasteiger partial charge in [0.15, 0.2) is 0 Å². The Balaban J connectivity index is 1.47. The molecule has 2 heterocycles. The minimum Gasteiger partial charge on any atom is -0.342 e. The maximum absolute atomic E-state index is 13.7. The van der Waals surface area contributed by atoms with Crippen LogP contribution in [0.3, 0.4) is 0 Å². The van der Waals surface area contributed by atoms with E-state index in [1.165, 1.54) is 10.6 Å². The summed E-state index contributed by atoms with van der Waals surface area (Å²) in [6, 6.07) is 35.6. The van der Waals surface area contributed by atoms with Gasteiger partial charge in [0.2, 0.25) is 0 Å². The van der Waals surface area contributed by atoms with E-state index in [1.807, 2.05) is 54.6 Å². The second-order valence-electron chi connectivity index (χ2n) is 8.68. The first-order valence-electron chi connectivity index (χ1n) is 11.8. The van der Waals surface area contributed by atoms with Crippen molar-refractivity contribution in [2.75, 3.05) is 5.01 Å².